The fourth-order valence-electron chi connectivity index (χ4n) is 4.82. The summed E-state index contributed by atoms with van der Waals surface area (Å²) in [5, 5.41) is 10.4. The highest BCUT2D eigenvalue weighted by atomic mass is 16.6. The third kappa shape index (κ3) is 11.3. The maximum Gasteiger partial charge on any atom is 0.330 e. The number of methoxy groups -OCH3 is 5. The number of aliphatic hydroxyl groups excluding tert-OH is 1. The number of aliphatic hydroxyl groups is 1. The Hall–Kier alpha value is -4.22. The lowest BCUT2D eigenvalue weighted by atomic mass is 10.0. The van der Waals surface area contributed by atoms with Gasteiger partial charge in [-0.05, 0) is 48.2 Å². The van der Waals surface area contributed by atoms with Crippen LogP contribution in [0, 0.1) is 0 Å². The van der Waals surface area contributed by atoms with Gasteiger partial charge in [-0.2, -0.15) is 0 Å². The fourth-order valence-corrected chi connectivity index (χ4v) is 4.82. The maximum atomic E-state index is 12.3. The van der Waals surface area contributed by atoms with Gasteiger partial charge in [0.25, 0.3) is 0 Å². The van der Waals surface area contributed by atoms with Gasteiger partial charge in [-0.15, -0.1) is 0 Å². The number of benzene rings is 2. The molecule has 0 fully saturated rings. The Morgan fingerprint density at radius 3 is 2.27 bits per heavy atom. The van der Waals surface area contributed by atoms with Crippen LogP contribution in [0.25, 0.3) is 12.2 Å². The minimum atomic E-state index is -0.701. The van der Waals surface area contributed by atoms with E-state index >= 15 is 0 Å². The molecule has 0 aliphatic carbocycles. The molecule has 0 saturated carbocycles. The zero-order valence-electron chi connectivity index (χ0n) is 26.6. The molecular weight excluding hydrogens is 584 g/mol. The largest absolute Gasteiger partial charge is 0.493 e. The first kappa shape index (κ1) is 35.3. The first-order chi connectivity index (χ1) is 21.8. The molecule has 0 amide bonds. The van der Waals surface area contributed by atoms with E-state index < -0.39 is 12.1 Å². The molecule has 0 radical (unpaired) electrons. The molecule has 45 heavy (non-hydrogen) atoms. The number of carbonyl (C=O) groups is 2. The second-order valence-electron chi connectivity index (χ2n) is 10.3. The molecule has 11 nitrogen and oxygen atoms in total. The van der Waals surface area contributed by atoms with Gasteiger partial charge in [-0.3, -0.25) is 4.79 Å². The summed E-state index contributed by atoms with van der Waals surface area (Å²) in [7, 11) is 7.82. The van der Waals surface area contributed by atoms with Crippen LogP contribution in [0.1, 0.15) is 49.7 Å². The van der Waals surface area contributed by atoms with E-state index in [0.29, 0.717) is 67.5 Å². The summed E-state index contributed by atoms with van der Waals surface area (Å²) in [4.78, 5) is 23.7. The highest BCUT2D eigenvalue weighted by Gasteiger charge is 2.22. The number of esters is 2. The monoisotopic (exact) mass is 628 g/mol. The van der Waals surface area contributed by atoms with Gasteiger partial charge < -0.3 is 43.0 Å². The van der Waals surface area contributed by atoms with Gasteiger partial charge in [0.15, 0.2) is 23.0 Å². The molecule has 246 valence electrons. The van der Waals surface area contributed by atoms with Crippen LogP contribution in [0.2, 0.25) is 0 Å². The highest BCUT2D eigenvalue weighted by Crippen LogP contribution is 2.39. The summed E-state index contributed by atoms with van der Waals surface area (Å²) in [6.45, 7) is 0.458. The van der Waals surface area contributed by atoms with Crippen molar-refractivity contribution in [2.45, 2.75) is 56.8 Å². The lowest BCUT2D eigenvalue weighted by molar-refractivity contribution is -0.145. The Kier molecular flexibility index (Phi) is 14.5. The molecule has 1 N–H and O–H groups in total. The Morgan fingerprint density at radius 2 is 1.62 bits per heavy atom. The number of ether oxygens (including phenoxy) is 8. The van der Waals surface area contributed by atoms with Crippen molar-refractivity contribution >= 4 is 24.1 Å². The summed E-state index contributed by atoms with van der Waals surface area (Å²) < 4.78 is 43.6. The topological polar surface area (TPSA) is 128 Å². The maximum absolute atomic E-state index is 12.3. The molecule has 2 aromatic carbocycles. The molecule has 1 aliphatic rings. The number of hydrogen-bond acceptors (Lipinski definition) is 11. The van der Waals surface area contributed by atoms with Crippen LogP contribution in [0.5, 0.6) is 28.7 Å². The summed E-state index contributed by atoms with van der Waals surface area (Å²) >= 11 is 0. The first-order valence-electron chi connectivity index (χ1n) is 14.8. The Bertz CT molecular complexity index is 1280. The van der Waals surface area contributed by atoms with Crippen molar-refractivity contribution in [2.24, 2.45) is 0 Å². The fraction of sp³-hybridized carbons (Fsp3) is 0.471. The van der Waals surface area contributed by atoms with Crippen molar-refractivity contribution in [3.63, 3.8) is 0 Å². The van der Waals surface area contributed by atoms with Gasteiger partial charge in [0.05, 0.1) is 53.9 Å². The second-order valence-corrected chi connectivity index (χ2v) is 10.3. The molecule has 11 heteroatoms. The van der Waals surface area contributed by atoms with E-state index in [-0.39, 0.29) is 31.2 Å². The first-order valence-corrected chi connectivity index (χ1v) is 14.8. The molecular formula is C34H44O11. The molecule has 0 spiro atoms. The molecule has 2 aromatic rings. The van der Waals surface area contributed by atoms with Gasteiger partial charge in [0, 0.05) is 38.9 Å². The minimum absolute atomic E-state index is 0.167. The van der Waals surface area contributed by atoms with E-state index in [9.17, 15) is 14.7 Å². The van der Waals surface area contributed by atoms with Crippen LogP contribution in [0.4, 0.5) is 0 Å². The van der Waals surface area contributed by atoms with Crippen LogP contribution in [0.3, 0.4) is 0 Å². The van der Waals surface area contributed by atoms with Crippen LogP contribution >= 0.6 is 0 Å². The predicted molar refractivity (Wildman–Crippen MR) is 168 cm³/mol. The number of rotatable bonds is 19. The van der Waals surface area contributed by atoms with Crippen LogP contribution < -0.4 is 23.7 Å². The Morgan fingerprint density at radius 1 is 0.933 bits per heavy atom. The van der Waals surface area contributed by atoms with Crippen molar-refractivity contribution in [1.82, 2.24) is 0 Å². The van der Waals surface area contributed by atoms with E-state index in [1.165, 1.54) is 6.08 Å². The van der Waals surface area contributed by atoms with E-state index in [1.807, 2.05) is 42.5 Å². The lowest BCUT2D eigenvalue weighted by Gasteiger charge is -2.24. The second kappa shape index (κ2) is 18.6. The van der Waals surface area contributed by atoms with Crippen molar-refractivity contribution in [2.75, 3.05) is 48.8 Å². The van der Waals surface area contributed by atoms with Gasteiger partial charge >= 0.3 is 11.9 Å². The van der Waals surface area contributed by atoms with E-state index in [0.717, 1.165) is 11.1 Å². The summed E-state index contributed by atoms with van der Waals surface area (Å²) in [6, 6.07) is 9.30. The van der Waals surface area contributed by atoms with E-state index in [1.54, 1.807) is 41.6 Å². The molecule has 0 unspecified atom stereocenters. The van der Waals surface area contributed by atoms with Crippen molar-refractivity contribution in [3.05, 3.63) is 53.6 Å². The lowest BCUT2D eigenvalue weighted by Crippen LogP contribution is -2.28. The number of cyclic esters (lactones) is 1. The molecule has 1 heterocycles. The molecule has 0 saturated heterocycles. The van der Waals surface area contributed by atoms with Crippen molar-refractivity contribution < 1.29 is 52.6 Å². The van der Waals surface area contributed by atoms with Gasteiger partial charge in [-0.25, -0.2) is 4.79 Å². The predicted octanol–water partition coefficient (Wildman–Crippen LogP) is 5.01. The summed E-state index contributed by atoms with van der Waals surface area (Å²) in [5.41, 5.74) is 1.74. The van der Waals surface area contributed by atoms with Gasteiger partial charge in [-0.1, -0.05) is 24.3 Å². The van der Waals surface area contributed by atoms with Crippen molar-refractivity contribution in [3.8, 4) is 28.7 Å². The minimum Gasteiger partial charge on any atom is -0.493 e. The van der Waals surface area contributed by atoms with E-state index in [4.69, 9.17) is 37.9 Å². The summed E-state index contributed by atoms with van der Waals surface area (Å²) in [5.74, 6) is 2.03. The molecule has 3 rings (SSSR count). The normalized spacial score (nSPS) is 15.7. The smallest absolute Gasteiger partial charge is 0.330 e. The number of hydrogen-bond donors (Lipinski definition) is 1. The molecule has 1 aliphatic heterocycles. The average Bonchev–Trinajstić information content (AvgIpc) is 3.04. The standard InChI is InChI=1S/C34H44O11/c1-38-26(21-25(35)22-27-8-6-9-33(37)45-27)15-17-44-32(36)10-7-16-43-29-18-23(13-14-28(29)39-2)11-12-24-19-30(40-3)34(42-5)31(20-24)41-4/h6,9,11-14,18-20,25-27,35H,7-8,10,15-17,21-22H2,1-5H3/b12-11-/t25-,26+,27-/m0/s1. The Balaban J connectivity index is 1.43. The van der Waals surface area contributed by atoms with Crippen molar-refractivity contribution in [1.29, 1.82) is 0 Å². The average molecular weight is 629 g/mol. The highest BCUT2D eigenvalue weighted by molar-refractivity contribution is 5.82. The van der Waals surface area contributed by atoms with Crippen LogP contribution in [-0.2, 0) is 23.8 Å². The van der Waals surface area contributed by atoms with Gasteiger partial charge in [0.2, 0.25) is 5.75 Å². The molecule has 0 bridgehead atoms. The molecule has 0 aromatic heterocycles. The third-order valence-corrected chi connectivity index (χ3v) is 7.17. The van der Waals surface area contributed by atoms with Crippen LogP contribution in [-0.4, -0.2) is 84.1 Å². The quantitative estimate of drug-likeness (QED) is 0.128. The summed E-state index contributed by atoms with van der Waals surface area (Å²) in [6.07, 6.45) is 7.96. The van der Waals surface area contributed by atoms with E-state index in [2.05, 4.69) is 0 Å². The Labute approximate surface area is 264 Å². The molecule has 3 atom stereocenters. The zero-order chi connectivity index (χ0) is 32.6. The van der Waals surface area contributed by atoms with Gasteiger partial charge in [0.1, 0.15) is 6.10 Å². The number of carbonyl (C=O) groups excluding carboxylic acids is 2. The third-order valence-electron chi connectivity index (χ3n) is 7.17. The van der Waals surface area contributed by atoms with Crippen LogP contribution in [0.15, 0.2) is 42.5 Å². The zero-order valence-corrected chi connectivity index (χ0v) is 26.6. The SMILES string of the molecule is COc1ccc(/C=C\c2cc(OC)c(OC)c(OC)c2)cc1OCCCC(=O)OCC[C@H](C[C@H](O)C[C@@H]1CC=CC(=O)O1)OC.